The Bertz CT molecular complexity index is 822. The highest BCUT2D eigenvalue weighted by Gasteiger charge is 2.36. The highest BCUT2D eigenvalue weighted by molar-refractivity contribution is 5.82. The fraction of sp³-hybridized carbons (Fsp3) is 0.583. The first-order chi connectivity index (χ1) is 15.6. The maximum atomic E-state index is 12.0. The molecule has 9 nitrogen and oxygen atoms in total. The molecule has 1 aliphatic rings. The summed E-state index contributed by atoms with van der Waals surface area (Å²) in [5.74, 6) is -3.12. The predicted molar refractivity (Wildman–Crippen MR) is 121 cm³/mol. The van der Waals surface area contributed by atoms with E-state index in [1.165, 1.54) is 4.90 Å². The van der Waals surface area contributed by atoms with Gasteiger partial charge in [-0.05, 0) is 24.0 Å². The molecular formula is C24H34N2O7. The fourth-order valence-electron chi connectivity index (χ4n) is 4.45. The summed E-state index contributed by atoms with van der Waals surface area (Å²) in [7, 11) is 0. The van der Waals surface area contributed by atoms with Gasteiger partial charge in [-0.25, -0.2) is 0 Å². The fourth-order valence-corrected chi connectivity index (χ4v) is 4.45. The first-order valence-electron chi connectivity index (χ1n) is 11.3. The molecule has 0 aromatic heterocycles. The van der Waals surface area contributed by atoms with E-state index in [1.807, 2.05) is 38.1 Å². The van der Waals surface area contributed by atoms with Gasteiger partial charge in [0.1, 0.15) is 5.78 Å². The highest BCUT2D eigenvalue weighted by Crippen LogP contribution is 2.28. The van der Waals surface area contributed by atoms with Crippen molar-refractivity contribution in [1.82, 2.24) is 9.80 Å². The van der Waals surface area contributed by atoms with Gasteiger partial charge >= 0.3 is 17.9 Å². The van der Waals surface area contributed by atoms with Crippen molar-refractivity contribution in [1.29, 1.82) is 0 Å². The lowest BCUT2D eigenvalue weighted by atomic mass is 9.87. The Morgan fingerprint density at radius 2 is 1.21 bits per heavy atom. The van der Waals surface area contributed by atoms with E-state index in [0.717, 1.165) is 24.0 Å². The summed E-state index contributed by atoms with van der Waals surface area (Å²) in [5.41, 5.74) is 1.77. The number of ketones is 1. The van der Waals surface area contributed by atoms with Crippen LogP contribution in [0.5, 0.6) is 0 Å². The first-order valence-corrected chi connectivity index (χ1v) is 11.3. The zero-order valence-electron chi connectivity index (χ0n) is 19.3. The number of carboxylic acid groups (broad SMARTS) is 3. The molecule has 1 aromatic carbocycles. The average Bonchev–Trinajstić information content (AvgIpc) is 2.73. The molecule has 1 saturated carbocycles. The lowest BCUT2D eigenvalue weighted by molar-refractivity contribution is -0.146. The second-order valence-electron chi connectivity index (χ2n) is 9.02. The van der Waals surface area contributed by atoms with Gasteiger partial charge in [0.25, 0.3) is 0 Å². The molecule has 2 rings (SSSR count). The minimum atomic E-state index is -1.11. The van der Waals surface area contributed by atoms with Crippen LogP contribution in [-0.4, -0.2) is 80.5 Å². The summed E-state index contributed by atoms with van der Waals surface area (Å²) in [5, 5.41) is 28.1. The van der Waals surface area contributed by atoms with E-state index in [2.05, 4.69) is 0 Å². The highest BCUT2D eigenvalue weighted by atomic mass is 16.4. The van der Waals surface area contributed by atoms with Crippen LogP contribution in [0.3, 0.4) is 0 Å². The summed E-state index contributed by atoms with van der Waals surface area (Å²) in [6.07, 6.45) is 3.31. The van der Waals surface area contributed by atoms with Gasteiger partial charge in [0.15, 0.2) is 0 Å². The van der Waals surface area contributed by atoms with E-state index in [9.17, 15) is 34.5 Å². The van der Waals surface area contributed by atoms with Gasteiger partial charge in [-0.15, -0.1) is 0 Å². The Morgan fingerprint density at radius 1 is 0.788 bits per heavy atom. The van der Waals surface area contributed by atoms with Gasteiger partial charge in [-0.2, -0.15) is 0 Å². The average molecular weight is 463 g/mol. The molecule has 0 heterocycles. The molecule has 0 aliphatic heterocycles. The second-order valence-corrected chi connectivity index (χ2v) is 9.02. The van der Waals surface area contributed by atoms with Gasteiger partial charge in [0.05, 0.1) is 19.6 Å². The smallest absolute Gasteiger partial charge is 0.317 e. The van der Waals surface area contributed by atoms with E-state index < -0.39 is 31.0 Å². The molecule has 182 valence electrons. The number of aliphatic carboxylic acids is 3. The molecule has 1 aromatic rings. The minimum absolute atomic E-state index is 0.0430. The van der Waals surface area contributed by atoms with Crippen LogP contribution in [0.2, 0.25) is 0 Å². The molecule has 1 fully saturated rings. The molecular weight excluding hydrogens is 428 g/mol. The number of hydrogen-bond acceptors (Lipinski definition) is 6. The second kappa shape index (κ2) is 12.5. The number of carboxylic acids is 3. The third-order valence-electron chi connectivity index (χ3n) is 6.08. The maximum absolute atomic E-state index is 12.0. The monoisotopic (exact) mass is 462 g/mol. The summed E-state index contributed by atoms with van der Waals surface area (Å²) >= 11 is 0. The Morgan fingerprint density at radius 3 is 1.67 bits per heavy atom. The van der Waals surface area contributed by atoms with Gasteiger partial charge < -0.3 is 15.3 Å². The molecule has 3 N–H and O–H groups in total. The van der Waals surface area contributed by atoms with Crippen LogP contribution in [0.15, 0.2) is 24.3 Å². The molecule has 0 amide bonds. The zero-order valence-corrected chi connectivity index (χ0v) is 19.3. The number of nitrogens with zero attached hydrogens (tertiary/aromatic N) is 2. The number of benzene rings is 1. The molecule has 2 atom stereocenters. The first kappa shape index (κ1) is 26.5. The zero-order chi connectivity index (χ0) is 24.5. The lowest BCUT2D eigenvalue weighted by Crippen LogP contribution is -2.56. The van der Waals surface area contributed by atoms with Crippen LogP contribution < -0.4 is 0 Å². The third-order valence-corrected chi connectivity index (χ3v) is 6.08. The molecule has 33 heavy (non-hydrogen) atoms. The summed E-state index contributed by atoms with van der Waals surface area (Å²) < 4.78 is 0. The topological polar surface area (TPSA) is 135 Å². The Kier molecular flexibility index (Phi) is 9.99. The summed E-state index contributed by atoms with van der Waals surface area (Å²) in [4.78, 5) is 49.6. The summed E-state index contributed by atoms with van der Waals surface area (Å²) in [6, 6.07) is 6.84. The molecule has 9 heteroatoms. The van der Waals surface area contributed by atoms with E-state index in [-0.39, 0.29) is 30.3 Å². The van der Waals surface area contributed by atoms with Crippen molar-refractivity contribution in [3.8, 4) is 0 Å². The standard InChI is InChI=1S/C24H34N2O7/c1-16(2)21(27)11-17-7-9-18(10-8-17)12-25(13-22(28)29)19-5-3-4-6-20(19)26(14-23(30)31)15-24(32)33/h7-10,16,19-20H,3-6,11-15H2,1-2H3,(H,28,29)(H,30,31)(H,32,33)/t19-,20-/m1/s1. The maximum Gasteiger partial charge on any atom is 0.317 e. The SMILES string of the molecule is CC(C)C(=O)Cc1ccc(CN(CC(=O)O)[C@@H]2CCCC[C@H]2N(CC(=O)O)CC(=O)O)cc1. The minimum Gasteiger partial charge on any atom is -0.480 e. The van der Waals surface area contributed by atoms with Crippen molar-refractivity contribution in [2.45, 2.75) is 64.6 Å². The number of Topliss-reactive ketones (excluding diaryl/α,β-unsaturated/α-hetero) is 1. The van der Waals surface area contributed by atoms with Crippen molar-refractivity contribution in [2.24, 2.45) is 5.92 Å². The quantitative estimate of drug-likeness (QED) is 0.403. The molecule has 0 unspecified atom stereocenters. The van der Waals surface area contributed by atoms with E-state index in [1.54, 1.807) is 4.90 Å². The van der Waals surface area contributed by atoms with Gasteiger partial charge in [0.2, 0.25) is 0 Å². The van der Waals surface area contributed by atoms with E-state index in [0.29, 0.717) is 25.8 Å². The normalized spacial score (nSPS) is 18.6. The third kappa shape index (κ3) is 8.58. The molecule has 0 bridgehead atoms. The van der Waals surface area contributed by atoms with Crippen molar-refractivity contribution in [3.05, 3.63) is 35.4 Å². The van der Waals surface area contributed by atoms with Crippen LogP contribution in [-0.2, 0) is 32.1 Å². The van der Waals surface area contributed by atoms with Gasteiger partial charge in [-0.3, -0.25) is 29.0 Å². The Hall–Kier alpha value is -2.78. The van der Waals surface area contributed by atoms with Crippen LogP contribution in [0.1, 0.15) is 50.7 Å². The van der Waals surface area contributed by atoms with Crippen molar-refractivity contribution >= 4 is 23.7 Å². The largest absolute Gasteiger partial charge is 0.480 e. The lowest BCUT2D eigenvalue weighted by Gasteiger charge is -2.44. The summed E-state index contributed by atoms with van der Waals surface area (Å²) in [6.45, 7) is 3.00. The van der Waals surface area contributed by atoms with Crippen LogP contribution >= 0.6 is 0 Å². The molecule has 0 spiro atoms. The number of hydrogen-bond donors (Lipinski definition) is 3. The van der Waals surface area contributed by atoms with Crippen LogP contribution in [0.25, 0.3) is 0 Å². The van der Waals surface area contributed by atoms with Crippen molar-refractivity contribution < 1.29 is 34.5 Å². The number of rotatable bonds is 13. The van der Waals surface area contributed by atoms with Crippen LogP contribution in [0.4, 0.5) is 0 Å². The number of carbonyl (C=O) groups is 4. The number of carbonyl (C=O) groups excluding carboxylic acids is 1. The Balaban J connectivity index is 2.23. The Labute approximate surface area is 194 Å². The molecule has 1 aliphatic carbocycles. The van der Waals surface area contributed by atoms with E-state index >= 15 is 0 Å². The van der Waals surface area contributed by atoms with E-state index in [4.69, 9.17) is 0 Å². The molecule has 0 radical (unpaired) electrons. The predicted octanol–water partition coefficient (Wildman–Crippen LogP) is 2.12. The van der Waals surface area contributed by atoms with Gasteiger partial charge in [-0.1, -0.05) is 51.0 Å². The van der Waals surface area contributed by atoms with Crippen molar-refractivity contribution in [2.75, 3.05) is 19.6 Å². The van der Waals surface area contributed by atoms with Gasteiger partial charge in [0, 0.05) is 31.0 Å². The molecule has 0 saturated heterocycles. The van der Waals surface area contributed by atoms with Crippen LogP contribution in [0, 0.1) is 5.92 Å². The van der Waals surface area contributed by atoms with Crippen molar-refractivity contribution in [3.63, 3.8) is 0 Å².